The molecule has 4 heteroatoms. The van der Waals surface area contributed by atoms with Gasteiger partial charge < -0.3 is 10.2 Å². The number of likely N-dealkylation sites (N-methyl/N-ethyl adjacent to an activating group) is 1. The third kappa shape index (κ3) is 2.79. The van der Waals surface area contributed by atoms with Crippen LogP contribution in [-0.2, 0) is 9.59 Å². The van der Waals surface area contributed by atoms with Gasteiger partial charge in [0.1, 0.15) is 12.1 Å². The number of hydrogen-bond acceptors (Lipinski definition) is 2. The fraction of sp³-hybridized carbons (Fsp3) is 0.846. The van der Waals surface area contributed by atoms with Crippen LogP contribution in [0.2, 0.25) is 0 Å². The highest BCUT2D eigenvalue weighted by molar-refractivity contribution is 5.97. The number of rotatable bonds is 3. The van der Waals surface area contributed by atoms with Crippen molar-refractivity contribution < 1.29 is 9.59 Å². The number of hydrogen-bond donors (Lipinski definition) is 1. The summed E-state index contributed by atoms with van der Waals surface area (Å²) < 4.78 is 0. The van der Waals surface area contributed by atoms with E-state index in [1.165, 1.54) is 0 Å². The summed E-state index contributed by atoms with van der Waals surface area (Å²) in [7, 11) is 0. The van der Waals surface area contributed by atoms with Crippen molar-refractivity contribution in [2.45, 2.75) is 59.5 Å². The Morgan fingerprint density at radius 3 is 2.24 bits per heavy atom. The molecule has 1 rings (SSSR count). The van der Waals surface area contributed by atoms with E-state index >= 15 is 0 Å². The van der Waals surface area contributed by atoms with Gasteiger partial charge in [0.15, 0.2) is 0 Å². The first-order chi connectivity index (χ1) is 7.82. The maximum absolute atomic E-state index is 12.3. The Morgan fingerprint density at radius 2 is 1.82 bits per heavy atom. The van der Waals surface area contributed by atoms with Crippen molar-refractivity contribution in [2.75, 3.05) is 6.54 Å². The topological polar surface area (TPSA) is 49.4 Å². The van der Waals surface area contributed by atoms with Crippen LogP contribution in [0.3, 0.4) is 0 Å². The Morgan fingerprint density at radius 1 is 1.24 bits per heavy atom. The van der Waals surface area contributed by atoms with Crippen molar-refractivity contribution in [1.82, 2.24) is 10.2 Å². The smallest absolute Gasteiger partial charge is 0.245 e. The zero-order valence-corrected chi connectivity index (χ0v) is 11.5. The Balaban J connectivity index is 2.97. The second-order valence-electron chi connectivity index (χ2n) is 5.74. The summed E-state index contributed by atoms with van der Waals surface area (Å²) in [5.74, 6) is 0.0475. The van der Waals surface area contributed by atoms with E-state index in [1.807, 2.05) is 34.6 Å². The first kappa shape index (κ1) is 14.0. The van der Waals surface area contributed by atoms with Gasteiger partial charge in [-0.25, -0.2) is 0 Å². The lowest BCUT2D eigenvalue weighted by Crippen LogP contribution is -2.66. The van der Waals surface area contributed by atoms with E-state index in [-0.39, 0.29) is 29.3 Å². The monoisotopic (exact) mass is 240 g/mol. The number of amides is 2. The fourth-order valence-electron chi connectivity index (χ4n) is 2.46. The molecule has 1 N–H and O–H groups in total. The molecule has 1 aliphatic rings. The first-order valence-corrected chi connectivity index (χ1v) is 6.43. The molecule has 0 radical (unpaired) electrons. The van der Waals surface area contributed by atoms with Gasteiger partial charge in [0.25, 0.3) is 0 Å². The second kappa shape index (κ2) is 5.07. The van der Waals surface area contributed by atoms with Crippen LogP contribution < -0.4 is 5.32 Å². The van der Waals surface area contributed by atoms with Gasteiger partial charge in [-0.15, -0.1) is 0 Å². The molecule has 2 unspecified atom stereocenters. The van der Waals surface area contributed by atoms with Crippen molar-refractivity contribution in [2.24, 2.45) is 5.41 Å². The van der Waals surface area contributed by atoms with Crippen LogP contribution >= 0.6 is 0 Å². The summed E-state index contributed by atoms with van der Waals surface area (Å²) >= 11 is 0. The minimum atomic E-state index is -0.354. The summed E-state index contributed by atoms with van der Waals surface area (Å²) in [6.07, 6.45) is 1.62. The van der Waals surface area contributed by atoms with E-state index in [1.54, 1.807) is 4.90 Å². The maximum atomic E-state index is 12.3. The first-order valence-electron chi connectivity index (χ1n) is 6.43. The van der Waals surface area contributed by atoms with Crippen molar-refractivity contribution in [3.63, 3.8) is 0 Å². The van der Waals surface area contributed by atoms with Crippen LogP contribution in [0, 0.1) is 5.41 Å². The van der Waals surface area contributed by atoms with Crippen LogP contribution in [0.15, 0.2) is 0 Å². The van der Waals surface area contributed by atoms with Gasteiger partial charge in [-0.1, -0.05) is 34.1 Å². The third-order valence-electron chi connectivity index (χ3n) is 3.20. The molecule has 1 saturated heterocycles. The standard InChI is InChI=1S/C13H24N2O2/c1-6-8-9-12(17)15(7-2)10(11(16)14-9)13(3,4)5/h9-10H,6-8H2,1-5H3,(H,14,16). The van der Waals surface area contributed by atoms with Crippen LogP contribution in [0.4, 0.5) is 0 Å². The zero-order chi connectivity index (χ0) is 13.2. The van der Waals surface area contributed by atoms with E-state index in [0.717, 1.165) is 12.8 Å². The van der Waals surface area contributed by atoms with Crippen molar-refractivity contribution in [3.05, 3.63) is 0 Å². The molecule has 17 heavy (non-hydrogen) atoms. The largest absolute Gasteiger partial charge is 0.342 e. The summed E-state index contributed by atoms with van der Waals surface area (Å²) in [5, 5.41) is 2.86. The van der Waals surface area contributed by atoms with Crippen molar-refractivity contribution >= 4 is 11.8 Å². The van der Waals surface area contributed by atoms with Crippen molar-refractivity contribution in [1.29, 1.82) is 0 Å². The van der Waals surface area contributed by atoms with Crippen LogP contribution in [-0.4, -0.2) is 35.3 Å². The van der Waals surface area contributed by atoms with Gasteiger partial charge in [0.2, 0.25) is 11.8 Å². The summed E-state index contributed by atoms with van der Waals surface area (Å²) in [6, 6.07) is -0.681. The van der Waals surface area contributed by atoms with Crippen LogP contribution in [0.5, 0.6) is 0 Å². The SMILES string of the molecule is CCCC1NC(=O)C(C(C)(C)C)N(CC)C1=O. The minimum absolute atomic E-state index is 0.0163. The highest BCUT2D eigenvalue weighted by Gasteiger charge is 2.44. The molecule has 2 amide bonds. The van der Waals surface area contributed by atoms with Crippen LogP contribution in [0.25, 0.3) is 0 Å². The zero-order valence-electron chi connectivity index (χ0n) is 11.5. The highest BCUT2D eigenvalue weighted by Crippen LogP contribution is 2.28. The molecule has 0 aromatic heterocycles. The number of piperazine rings is 1. The number of nitrogens with zero attached hydrogens (tertiary/aromatic N) is 1. The number of carbonyl (C=O) groups is 2. The molecule has 98 valence electrons. The normalized spacial score (nSPS) is 26.1. The molecule has 1 aliphatic heterocycles. The quantitative estimate of drug-likeness (QED) is 0.813. The van der Waals surface area contributed by atoms with E-state index in [2.05, 4.69) is 5.32 Å². The molecule has 1 fully saturated rings. The van der Waals surface area contributed by atoms with Gasteiger partial charge in [-0.3, -0.25) is 9.59 Å². The van der Waals surface area contributed by atoms with E-state index in [4.69, 9.17) is 0 Å². The molecule has 0 aromatic carbocycles. The van der Waals surface area contributed by atoms with Crippen molar-refractivity contribution in [3.8, 4) is 0 Å². The average Bonchev–Trinajstić information content (AvgIpc) is 2.20. The molecule has 0 bridgehead atoms. The molecule has 0 aromatic rings. The third-order valence-corrected chi connectivity index (χ3v) is 3.20. The Labute approximate surface area is 104 Å². The van der Waals surface area contributed by atoms with E-state index in [0.29, 0.717) is 6.54 Å². The average molecular weight is 240 g/mol. The molecule has 0 spiro atoms. The van der Waals surface area contributed by atoms with Gasteiger partial charge in [-0.2, -0.15) is 0 Å². The van der Waals surface area contributed by atoms with E-state index in [9.17, 15) is 9.59 Å². The predicted octanol–water partition coefficient (Wildman–Crippen LogP) is 1.55. The molecule has 0 aliphatic carbocycles. The Bertz CT molecular complexity index is 307. The minimum Gasteiger partial charge on any atom is -0.342 e. The summed E-state index contributed by atoms with van der Waals surface area (Å²) in [6.45, 7) is 10.5. The highest BCUT2D eigenvalue weighted by atomic mass is 16.2. The second-order valence-corrected chi connectivity index (χ2v) is 5.74. The number of carbonyl (C=O) groups excluding carboxylic acids is 2. The molecule has 0 saturated carbocycles. The molecule has 1 heterocycles. The lowest BCUT2D eigenvalue weighted by atomic mass is 9.83. The molecule has 2 atom stereocenters. The maximum Gasteiger partial charge on any atom is 0.245 e. The Hall–Kier alpha value is -1.06. The van der Waals surface area contributed by atoms with Gasteiger partial charge in [-0.05, 0) is 18.8 Å². The predicted molar refractivity (Wildman–Crippen MR) is 67.5 cm³/mol. The Kier molecular flexibility index (Phi) is 4.17. The van der Waals surface area contributed by atoms with Gasteiger partial charge in [0, 0.05) is 6.54 Å². The molecule has 4 nitrogen and oxygen atoms in total. The van der Waals surface area contributed by atoms with Gasteiger partial charge >= 0.3 is 0 Å². The summed E-state index contributed by atoms with van der Waals surface area (Å²) in [5.41, 5.74) is -0.229. The fourth-order valence-corrected chi connectivity index (χ4v) is 2.46. The van der Waals surface area contributed by atoms with Gasteiger partial charge in [0.05, 0.1) is 0 Å². The van der Waals surface area contributed by atoms with Crippen LogP contribution in [0.1, 0.15) is 47.5 Å². The lowest BCUT2D eigenvalue weighted by molar-refractivity contribution is -0.153. The lowest BCUT2D eigenvalue weighted by Gasteiger charge is -2.44. The molecular weight excluding hydrogens is 216 g/mol. The number of nitrogens with one attached hydrogen (secondary N) is 1. The molecular formula is C13H24N2O2. The summed E-state index contributed by atoms with van der Waals surface area (Å²) in [4.78, 5) is 26.1. The van der Waals surface area contributed by atoms with E-state index < -0.39 is 0 Å².